The van der Waals surface area contributed by atoms with Gasteiger partial charge in [-0.15, -0.1) is 0 Å². The van der Waals surface area contributed by atoms with Crippen molar-refractivity contribution in [3.8, 4) is 0 Å². The zero-order valence-electron chi connectivity index (χ0n) is 11.6. The molecule has 3 rings (SSSR count). The normalized spacial score (nSPS) is 22.2. The SMILES string of the molecule is Cc1cc(C2(N)NC(C(F)(F)F)=CC=C2N)cc2cn[nH]c12. The van der Waals surface area contributed by atoms with Crippen molar-refractivity contribution >= 4 is 10.9 Å². The van der Waals surface area contributed by atoms with Crippen molar-refractivity contribution in [1.82, 2.24) is 15.5 Å². The number of hydrogen-bond donors (Lipinski definition) is 4. The van der Waals surface area contributed by atoms with E-state index in [4.69, 9.17) is 11.5 Å². The van der Waals surface area contributed by atoms with Crippen molar-refractivity contribution in [2.24, 2.45) is 11.5 Å². The zero-order chi connectivity index (χ0) is 16.1. The number of allylic oxidation sites excluding steroid dienone is 3. The number of fused-ring (bicyclic) bond motifs is 1. The van der Waals surface area contributed by atoms with E-state index in [1.54, 1.807) is 18.3 Å². The molecule has 6 N–H and O–H groups in total. The Bertz CT molecular complexity index is 802. The lowest BCUT2D eigenvalue weighted by atomic mass is 9.91. The van der Waals surface area contributed by atoms with Gasteiger partial charge in [0, 0.05) is 5.39 Å². The first-order chi connectivity index (χ1) is 10.2. The van der Waals surface area contributed by atoms with Gasteiger partial charge in [-0.05, 0) is 42.3 Å². The Kier molecular flexibility index (Phi) is 2.96. The van der Waals surface area contributed by atoms with Gasteiger partial charge in [-0.25, -0.2) is 0 Å². The highest BCUT2D eigenvalue weighted by Crippen LogP contribution is 2.34. The predicted octanol–water partition coefficient (Wildman–Crippen LogP) is 1.87. The number of halogens is 3. The number of dihydropyridines is 1. The number of rotatable bonds is 1. The molecule has 22 heavy (non-hydrogen) atoms. The molecule has 1 aliphatic rings. The summed E-state index contributed by atoms with van der Waals surface area (Å²) in [5.41, 5.74) is 11.6. The monoisotopic (exact) mass is 309 g/mol. The van der Waals surface area contributed by atoms with Crippen LogP contribution in [0.4, 0.5) is 13.2 Å². The Morgan fingerprint density at radius 1 is 1.23 bits per heavy atom. The quantitative estimate of drug-likeness (QED) is 0.647. The lowest BCUT2D eigenvalue weighted by Crippen LogP contribution is -2.56. The molecule has 0 saturated heterocycles. The molecule has 0 fully saturated rings. The summed E-state index contributed by atoms with van der Waals surface area (Å²) >= 11 is 0. The van der Waals surface area contributed by atoms with E-state index < -0.39 is 17.5 Å². The van der Waals surface area contributed by atoms with Crippen LogP contribution in [0.15, 0.2) is 41.9 Å². The lowest BCUT2D eigenvalue weighted by Gasteiger charge is -2.36. The zero-order valence-corrected chi connectivity index (χ0v) is 11.6. The first kappa shape index (κ1) is 14.5. The number of hydrogen-bond acceptors (Lipinski definition) is 4. The first-order valence-corrected chi connectivity index (χ1v) is 6.48. The summed E-state index contributed by atoms with van der Waals surface area (Å²) in [7, 11) is 0. The summed E-state index contributed by atoms with van der Waals surface area (Å²) < 4.78 is 38.8. The Balaban J connectivity index is 2.12. The molecule has 0 spiro atoms. The standard InChI is InChI=1S/C14H14F3N5/c1-7-4-9(5-8-6-20-22-12(7)8)13(19)10(18)2-3-11(21-13)14(15,16)17/h2-6,21H,18-19H2,1H3,(H,20,22). The van der Waals surface area contributed by atoms with Crippen LogP contribution in [0.3, 0.4) is 0 Å². The summed E-state index contributed by atoms with van der Waals surface area (Å²) in [6, 6.07) is 3.35. The van der Waals surface area contributed by atoms with Crippen LogP contribution in [-0.4, -0.2) is 16.4 Å². The Labute approximate surface area is 123 Å². The second-order valence-electron chi connectivity index (χ2n) is 5.26. The fourth-order valence-corrected chi connectivity index (χ4v) is 2.50. The molecule has 2 aromatic rings. The molecule has 8 heteroatoms. The summed E-state index contributed by atoms with van der Waals surface area (Å²) in [4.78, 5) is 0. The van der Waals surface area contributed by atoms with Gasteiger partial charge in [-0.1, -0.05) is 0 Å². The average molecular weight is 309 g/mol. The fourth-order valence-electron chi connectivity index (χ4n) is 2.50. The molecule has 0 bridgehead atoms. The lowest BCUT2D eigenvalue weighted by molar-refractivity contribution is -0.0995. The number of benzene rings is 1. The van der Waals surface area contributed by atoms with Crippen molar-refractivity contribution in [2.75, 3.05) is 0 Å². The number of H-pyrrole nitrogens is 1. The highest BCUT2D eigenvalue weighted by Gasteiger charge is 2.42. The van der Waals surface area contributed by atoms with Gasteiger partial charge in [-0.2, -0.15) is 18.3 Å². The van der Waals surface area contributed by atoms with Crippen LogP contribution in [0.25, 0.3) is 10.9 Å². The van der Waals surface area contributed by atoms with Gasteiger partial charge in [0.25, 0.3) is 0 Å². The van der Waals surface area contributed by atoms with Gasteiger partial charge in [0.15, 0.2) is 5.66 Å². The second kappa shape index (κ2) is 4.51. The van der Waals surface area contributed by atoms with E-state index in [2.05, 4.69) is 15.5 Å². The third kappa shape index (κ3) is 2.12. The predicted molar refractivity (Wildman–Crippen MR) is 76.2 cm³/mol. The maximum atomic E-state index is 12.9. The molecule has 5 nitrogen and oxygen atoms in total. The van der Waals surface area contributed by atoms with Crippen molar-refractivity contribution < 1.29 is 13.2 Å². The number of nitrogens with zero attached hydrogens (tertiary/aromatic N) is 1. The van der Waals surface area contributed by atoms with Crippen LogP contribution in [0.1, 0.15) is 11.1 Å². The molecular formula is C14H14F3N5. The summed E-state index contributed by atoms with van der Waals surface area (Å²) in [5.74, 6) is 0. The minimum atomic E-state index is -4.53. The molecule has 1 unspecified atom stereocenters. The van der Waals surface area contributed by atoms with Crippen LogP contribution in [-0.2, 0) is 5.66 Å². The van der Waals surface area contributed by atoms with Gasteiger partial charge >= 0.3 is 6.18 Å². The number of nitrogens with one attached hydrogen (secondary N) is 2. The smallest absolute Gasteiger partial charge is 0.399 e. The van der Waals surface area contributed by atoms with E-state index in [0.29, 0.717) is 5.56 Å². The van der Waals surface area contributed by atoms with Crippen LogP contribution < -0.4 is 16.8 Å². The minimum Gasteiger partial charge on any atom is -0.399 e. The minimum absolute atomic E-state index is 0.0998. The molecule has 116 valence electrons. The molecule has 1 aromatic heterocycles. The van der Waals surface area contributed by atoms with Crippen molar-refractivity contribution in [3.05, 3.63) is 53.0 Å². The molecule has 0 saturated carbocycles. The third-order valence-corrected chi connectivity index (χ3v) is 3.72. The highest BCUT2D eigenvalue weighted by atomic mass is 19.4. The number of aromatic nitrogens is 2. The molecule has 1 atom stereocenters. The molecule has 2 heterocycles. The molecule has 1 aliphatic heterocycles. The largest absolute Gasteiger partial charge is 0.430 e. The van der Waals surface area contributed by atoms with E-state index in [0.717, 1.165) is 22.5 Å². The van der Waals surface area contributed by atoms with Gasteiger partial charge < -0.3 is 11.1 Å². The molecular weight excluding hydrogens is 295 g/mol. The van der Waals surface area contributed by atoms with E-state index >= 15 is 0 Å². The van der Waals surface area contributed by atoms with Gasteiger partial charge in [0.2, 0.25) is 0 Å². The van der Waals surface area contributed by atoms with E-state index in [1.807, 2.05) is 6.92 Å². The van der Waals surface area contributed by atoms with Crippen molar-refractivity contribution in [1.29, 1.82) is 0 Å². The fraction of sp³-hybridized carbons (Fsp3) is 0.214. The second-order valence-corrected chi connectivity index (χ2v) is 5.26. The van der Waals surface area contributed by atoms with Crippen LogP contribution >= 0.6 is 0 Å². The topological polar surface area (TPSA) is 92.8 Å². The number of alkyl halides is 3. The van der Waals surface area contributed by atoms with Crippen molar-refractivity contribution in [3.63, 3.8) is 0 Å². The number of nitrogens with two attached hydrogens (primary N) is 2. The molecule has 0 amide bonds. The van der Waals surface area contributed by atoms with Crippen LogP contribution in [0, 0.1) is 6.92 Å². The van der Waals surface area contributed by atoms with E-state index in [1.165, 1.54) is 6.08 Å². The van der Waals surface area contributed by atoms with Crippen LogP contribution in [0.2, 0.25) is 0 Å². The van der Waals surface area contributed by atoms with Crippen LogP contribution in [0.5, 0.6) is 0 Å². The number of aromatic amines is 1. The average Bonchev–Trinajstić information content (AvgIpc) is 2.89. The Morgan fingerprint density at radius 3 is 2.64 bits per heavy atom. The maximum Gasteiger partial charge on any atom is 0.430 e. The van der Waals surface area contributed by atoms with Gasteiger partial charge in [0.1, 0.15) is 5.70 Å². The third-order valence-electron chi connectivity index (χ3n) is 3.72. The Hall–Kier alpha value is -2.48. The first-order valence-electron chi connectivity index (χ1n) is 6.48. The highest BCUT2D eigenvalue weighted by molar-refractivity contribution is 5.82. The van der Waals surface area contributed by atoms with E-state index in [9.17, 15) is 13.2 Å². The Morgan fingerprint density at radius 2 is 1.95 bits per heavy atom. The maximum absolute atomic E-state index is 12.9. The molecule has 1 aromatic carbocycles. The number of aryl methyl sites for hydroxylation is 1. The molecule has 0 aliphatic carbocycles. The van der Waals surface area contributed by atoms with Gasteiger partial charge in [-0.3, -0.25) is 10.8 Å². The molecule has 0 radical (unpaired) electrons. The van der Waals surface area contributed by atoms with Crippen molar-refractivity contribution in [2.45, 2.75) is 18.8 Å². The summed E-state index contributed by atoms with van der Waals surface area (Å²) in [6.45, 7) is 1.82. The summed E-state index contributed by atoms with van der Waals surface area (Å²) in [6.07, 6.45) is -0.896. The summed E-state index contributed by atoms with van der Waals surface area (Å²) in [5, 5.41) is 9.80. The van der Waals surface area contributed by atoms with Gasteiger partial charge in [0.05, 0.1) is 17.4 Å². The van der Waals surface area contributed by atoms with E-state index in [-0.39, 0.29) is 5.70 Å².